The highest BCUT2D eigenvalue weighted by atomic mass is 19.4. The summed E-state index contributed by atoms with van der Waals surface area (Å²) in [7, 11) is 0. The first kappa shape index (κ1) is 10.7. The number of amides is 1. The summed E-state index contributed by atoms with van der Waals surface area (Å²) >= 11 is 0. The van der Waals surface area contributed by atoms with Gasteiger partial charge in [-0.1, -0.05) is 0 Å². The predicted octanol–water partition coefficient (Wildman–Crippen LogP) is -0.251. The number of nitrogens with zero attached hydrogens (tertiary/aromatic N) is 1. The van der Waals surface area contributed by atoms with Crippen LogP contribution in [0.15, 0.2) is 0 Å². The van der Waals surface area contributed by atoms with Crippen LogP contribution < -0.4 is 5.32 Å². The minimum Gasteiger partial charge on any atom is -0.361 e. The molecule has 2 rings (SSSR count). The van der Waals surface area contributed by atoms with Gasteiger partial charge in [0.2, 0.25) is 0 Å². The van der Waals surface area contributed by atoms with E-state index in [0.717, 1.165) is 4.90 Å². The maximum Gasteiger partial charge on any atom is 0.406 e. The summed E-state index contributed by atoms with van der Waals surface area (Å²) in [5, 5.41) is 2.83. The molecule has 0 aromatic rings. The number of hydrogen-bond donors (Lipinski definition) is 1. The van der Waals surface area contributed by atoms with E-state index in [1.54, 1.807) is 0 Å². The third-order valence-corrected chi connectivity index (χ3v) is 2.61. The van der Waals surface area contributed by atoms with Gasteiger partial charge in [0.05, 0.1) is 6.61 Å². The van der Waals surface area contributed by atoms with Crippen molar-refractivity contribution in [3.63, 3.8) is 0 Å². The van der Waals surface area contributed by atoms with Crippen LogP contribution >= 0.6 is 0 Å². The Hall–Kier alpha value is -0.820. The number of carbonyl (C=O) groups excluding carboxylic acids is 1. The Kier molecular flexibility index (Phi) is 2.38. The Balaban J connectivity index is 2.04. The van der Waals surface area contributed by atoms with Crippen LogP contribution in [0.25, 0.3) is 0 Å². The van der Waals surface area contributed by atoms with Crippen LogP contribution in [-0.4, -0.2) is 55.4 Å². The first-order valence-corrected chi connectivity index (χ1v) is 4.64. The molecule has 15 heavy (non-hydrogen) atoms. The number of hydrogen-bond acceptors (Lipinski definition) is 3. The molecular formula is C8H11F3N2O2. The lowest BCUT2D eigenvalue weighted by Gasteiger charge is -2.47. The van der Waals surface area contributed by atoms with E-state index in [2.05, 4.69) is 5.32 Å². The largest absolute Gasteiger partial charge is 0.406 e. The summed E-state index contributed by atoms with van der Waals surface area (Å²) < 4.78 is 41.6. The molecule has 0 aromatic carbocycles. The van der Waals surface area contributed by atoms with E-state index in [4.69, 9.17) is 4.74 Å². The zero-order valence-electron chi connectivity index (χ0n) is 7.93. The van der Waals surface area contributed by atoms with Crippen molar-refractivity contribution in [3.8, 4) is 0 Å². The van der Waals surface area contributed by atoms with Crippen molar-refractivity contribution in [2.45, 2.75) is 11.8 Å². The van der Waals surface area contributed by atoms with E-state index < -0.39 is 24.2 Å². The molecule has 86 valence electrons. The smallest absolute Gasteiger partial charge is 0.361 e. The van der Waals surface area contributed by atoms with Gasteiger partial charge < -0.3 is 15.0 Å². The normalized spacial score (nSPS) is 25.5. The predicted molar refractivity (Wildman–Crippen MR) is 44.2 cm³/mol. The fourth-order valence-corrected chi connectivity index (χ4v) is 1.78. The summed E-state index contributed by atoms with van der Waals surface area (Å²) in [5.74, 6) is -0.551. The number of halogens is 3. The standard InChI is InChI=1S/C8H11F3N2O2/c9-8(10,11)5-13-1-2-15-7(6(13)14)3-12-4-7/h12H,1-5H2. The molecule has 2 fully saturated rings. The van der Waals surface area contributed by atoms with E-state index in [9.17, 15) is 18.0 Å². The Labute approximate surface area is 84.4 Å². The van der Waals surface area contributed by atoms with Gasteiger partial charge >= 0.3 is 6.18 Å². The van der Waals surface area contributed by atoms with Crippen LogP contribution in [0, 0.1) is 0 Å². The molecule has 7 heteroatoms. The second-order valence-electron chi connectivity index (χ2n) is 3.79. The van der Waals surface area contributed by atoms with Crippen LogP contribution in [0.3, 0.4) is 0 Å². The van der Waals surface area contributed by atoms with E-state index in [1.807, 2.05) is 0 Å². The number of ether oxygens (including phenoxy) is 1. The lowest BCUT2D eigenvalue weighted by Crippen LogP contribution is -2.72. The van der Waals surface area contributed by atoms with Crippen molar-refractivity contribution in [2.24, 2.45) is 0 Å². The minimum atomic E-state index is -4.34. The lowest BCUT2D eigenvalue weighted by atomic mass is 9.93. The van der Waals surface area contributed by atoms with Crippen LogP contribution in [-0.2, 0) is 9.53 Å². The van der Waals surface area contributed by atoms with Gasteiger partial charge in [-0.3, -0.25) is 4.79 Å². The van der Waals surface area contributed by atoms with Gasteiger partial charge in [-0.25, -0.2) is 0 Å². The molecule has 1 amide bonds. The molecule has 2 saturated heterocycles. The quantitative estimate of drug-likeness (QED) is 0.667. The third-order valence-electron chi connectivity index (χ3n) is 2.61. The molecule has 4 nitrogen and oxygen atoms in total. The minimum absolute atomic E-state index is 0.0140. The SMILES string of the molecule is O=C1N(CC(F)(F)F)CCOC12CNC2. The summed E-state index contributed by atoms with van der Waals surface area (Å²) in [6, 6.07) is 0. The van der Waals surface area contributed by atoms with Crippen molar-refractivity contribution in [2.75, 3.05) is 32.8 Å². The van der Waals surface area contributed by atoms with Gasteiger partial charge in [-0.15, -0.1) is 0 Å². The summed E-state index contributed by atoms with van der Waals surface area (Å²) in [6.07, 6.45) is -4.34. The number of carbonyl (C=O) groups is 1. The summed E-state index contributed by atoms with van der Waals surface area (Å²) in [6.45, 7) is -0.388. The van der Waals surface area contributed by atoms with Gasteiger partial charge in [0.25, 0.3) is 5.91 Å². The first-order chi connectivity index (χ1) is 6.93. The molecule has 2 aliphatic heterocycles. The summed E-state index contributed by atoms with van der Waals surface area (Å²) in [4.78, 5) is 12.5. The Morgan fingerprint density at radius 3 is 2.60 bits per heavy atom. The fourth-order valence-electron chi connectivity index (χ4n) is 1.78. The van der Waals surface area contributed by atoms with Gasteiger partial charge in [-0.05, 0) is 0 Å². The average Bonchev–Trinajstić information content (AvgIpc) is 2.03. The number of rotatable bonds is 1. The molecule has 0 bridgehead atoms. The number of alkyl halides is 3. The Morgan fingerprint density at radius 1 is 1.47 bits per heavy atom. The monoisotopic (exact) mass is 224 g/mol. The first-order valence-electron chi connectivity index (χ1n) is 4.64. The maximum atomic E-state index is 12.1. The lowest BCUT2D eigenvalue weighted by molar-refractivity contribution is -0.198. The molecule has 0 saturated carbocycles. The van der Waals surface area contributed by atoms with Crippen LogP contribution in [0.2, 0.25) is 0 Å². The van der Waals surface area contributed by atoms with Crippen molar-refractivity contribution in [1.29, 1.82) is 0 Å². The Bertz CT molecular complexity index is 276. The van der Waals surface area contributed by atoms with Gasteiger partial charge in [0, 0.05) is 19.6 Å². The van der Waals surface area contributed by atoms with Gasteiger partial charge in [-0.2, -0.15) is 13.2 Å². The molecule has 0 radical (unpaired) electrons. The maximum absolute atomic E-state index is 12.1. The van der Waals surface area contributed by atoms with Gasteiger partial charge in [0.15, 0.2) is 5.60 Å². The van der Waals surface area contributed by atoms with E-state index in [0.29, 0.717) is 13.1 Å². The molecule has 0 aromatic heterocycles. The highest BCUT2D eigenvalue weighted by Crippen LogP contribution is 2.26. The van der Waals surface area contributed by atoms with Crippen LogP contribution in [0.4, 0.5) is 13.2 Å². The van der Waals surface area contributed by atoms with E-state index >= 15 is 0 Å². The fraction of sp³-hybridized carbons (Fsp3) is 0.875. The van der Waals surface area contributed by atoms with Crippen molar-refractivity contribution < 1.29 is 22.7 Å². The molecule has 1 spiro atoms. The molecule has 0 unspecified atom stereocenters. The van der Waals surface area contributed by atoms with Crippen LogP contribution in [0.1, 0.15) is 0 Å². The zero-order valence-corrected chi connectivity index (χ0v) is 7.93. The molecular weight excluding hydrogens is 213 g/mol. The second kappa shape index (κ2) is 3.34. The molecule has 0 aliphatic carbocycles. The molecule has 0 atom stereocenters. The van der Waals surface area contributed by atoms with Crippen molar-refractivity contribution >= 4 is 5.91 Å². The molecule has 1 N–H and O–H groups in total. The number of nitrogens with one attached hydrogen (secondary N) is 1. The molecule has 2 aliphatic rings. The van der Waals surface area contributed by atoms with E-state index in [-0.39, 0.29) is 13.2 Å². The topological polar surface area (TPSA) is 41.6 Å². The van der Waals surface area contributed by atoms with Gasteiger partial charge in [0.1, 0.15) is 6.54 Å². The second-order valence-corrected chi connectivity index (χ2v) is 3.79. The highest BCUT2D eigenvalue weighted by molar-refractivity contribution is 5.87. The Morgan fingerprint density at radius 2 is 2.13 bits per heavy atom. The zero-order chi connectivity index (χ0) is 11.1. The summed E-state index contributed by atoms with van der Waals surface area (Å²) in [5.41, 5.74) is -1.02. The highest BCUT2D eigenvalue weighted by Gasteiger charge is 2.51. The molecule has 2 heterocycles. The third kappa shape index (κ3) is 1.93. The van der Waals surface area contributed by atoms with Crippen molar-refractivity contribution in [3.05, 3.63) is 0 Å². The van der Waals surface area contributed by atoms with Crippen LogP contribution in [0.5, 0.6) is 0 Å². The van der Waals surface area contributed by atoms with Crippen molar-refractivity contribution in [1.82, 2.24) is 10.2 Å². The number of morpholine rings is 1. The average molecular weight is 224 g/mol. The van der Waals surface area contributed by atoms with E-state index in [1.165, 1.54) is 0 Å².